The SMILES string of the molecule is CCCC/C=C/C=C/C#CC#CC/C=C/O. The van der Waals surface area contributed by atoms with E-state index in [-0.39, 0.29) is 0 Å². The molecule has 0 aromatic heterocycles. The fraction of sp³-hybridized carbons (Fsp3) is 0.333. The second kappa shape index (κ2) is 13.1. The number of allylic oxidation sites excluding steroid dienone is 5. The van der Waals surface area contributed by atoms with Crippen LogP contribution in [-0.2, 0) is 0 Å². The second-order valence-corrected chi connectivity index (χ2v) is 3.09. The maximum Gasteiger partial charge on any atom is 0.0761 e. The fourth-order valence-corrected chi connectivity index (χ4v) is 0.885. The van der Waals surface area contributed by atoms with Crippen LogP contribution in [0.15, 0.2) is 36.6 Å². The van der Waals surface area contributed by atoms with Crippen LogP contribution in [0.5, 0.6) is 0 Å². The molecule has 0 bridgehead atoms. The van der Waals surface area contributed by atoms with Crippen molar-refractivity contribution in [2.45, 2.75) is 32.6 Å². The van der Waals surface area contributed by atoms with E-state index >= 15 is 0 Å². The van der Waals surface area contributed by atoms with Crippen LogP contribution < -0.4 is 0 Å². The lowest BCUT2D eigenvalue weighted by Crippen LogP contribution is -1.64. The first kappa shape index (κ1) is 14.1. The smallest absolute Gasteiger partial charge is 0.0761 e. The lowest BCUT2D eigenvalue weighted by atomic mass is 10.2. The van der Waals surface area contributed by atoms with Crippen LogP contribution in [0, 0.1) is 23.7 Å². The van der Waals surface area contributed by atoms with Crippen molar-refractivity contribution < 1.29 is 5.11 Å². The molecule has 0 spiro atoms. The van der Waals surface area contributed by atoms with E-state index in [0.29, 0.717) is 6.42 Å². The van der Waals surface area contributed by atoms with Crippen molar-refractivity contribution >= 4 is 0 Å². The molecule has 0 heterocycles. The average molecular weight is 214 g/mol. The molecule has 0 unspecified atom stereocenters. The molecule has 1 heteroatoms. The molecule has 0 radical (unpaired) electrons. The van der Waals surface area contributed by atoms with Crippen molar-refractivity contribution in [3.05, 3.63) is 36.6 Å². The molecule has 0 aromatic rings. The minimum Gasteiger partial charge on any atom is -0.516 e. The third-order valence-corrected chi connectivity index (χ3v) is 1.70. The Morgan fingerprint density at radius 3 is 2.75 bits per heavy atom. The molecule has 1 nitrogen and oxygen atoms in total. The summed E-state index contributed by atoms with van der Waals surface area (Å²) in [5, 5.41) is 8.32. The number of unbranched alkanes of at least 4 members (excludes halogenated alkanes) is 2. The summed E-state index contributed by atoms with van der Waals surface area (Å²) in [7, 11) is 0. The van der Waals surface area contributed by atoms with Crippen LogP contribution in [0.25, 0.3) is 0 Å². The van der Waals surface area contributed by atoms with Crippen LogP contribution in [-0.4, -0.2) is 5.11 Å². The molecule has 84 valence electrons. The maximum absolute atomic E-state index is 8.32. The van der Waals surface area contributed by atoms with Crippen molar-refractivity contribution in [3.8, 4) is 23.7 Å². The van der Waals surface area contributed by atoms with Gasteiger partial charge in [0.05, 0.1) is 6.26 Å². The van der Waals surface area contributed by atoms with Crippen molar-refractivity contribution in [2.75, 3.05) is 0 Å². The molecule has 0 atom stereocenters. The lowest BCUT2D eigenvalue weighted by Gasteiger charge is -1.84. The summed E-state index contributed by atoms with van der Waals surface area (Å²) in [6, 6.07) is 0. The number of rotatable bonds is 5. The molecule has 0 saturated heterocycles. The van der Waals surface area contributed by atoms with E-state index in [1.807, 2.05) is 12.2 Å². The number of hydrogen-bond acceptors (Lipinski definition) is 1. The molecule has 0 aliphatic heterocycles. The molecule has 0 aromatic carbocycles. The van der Waals surface area contributed by atoms with Crippen LogP contribution >= 0.6 is 0 Å². The van der Waals surface area contributed by atoms with Gasteiger partial charge in [-0.3, -0.25) is 0 Å². The Morgan fingerprint density at radius 1 is 1.12 bits per heavy atom. The zero-order valence-corrected chi connectivity index (χ0v) is 9.74. The van der Waals surface area contributed by atoms with Crippen LogP contribution in [0.1, 0.15) is 32.6 Å². The molecule has 1 N–H and O–H groups in total. The van der Waals surface area contributed by atoms with Crippen LogP contribution in [0.2, 0.25) is 0 Å². The molecular formula is C15H18O. The Bertz CT molecular complexity index is 350. The van der Waals surface area contributed by atoms with Crippen LogP contribution in [0.3, 0.4) is 0 Å². The lowest BCUT2D eigenvalue weighted by molar-refractivity contribution is 0.472. The summed E-state index contributed by atoms with van der Waals surface area (Å²) < 4.78 is 0. The summed E-state index contributed by atoms with van der Waals surface area (Å²) in [4.78, 5) is 0. The van der Waals surface area contributed by atoms with E-state index in [1.165, 1.54) is 12.8 Å². The van der Waals surface area contributed by atoms with Gasteiger partial charge in [0.15, 0.2) is 0 Å². The first-order valence-electron chi connectivity index (χ1n) is 5.51. The largest absolute Gasteiger partial charge is 0.516 e. The van der Waals surface area contributed by atoms with Gasteiger partial charge in [-0.1, -0.05) is 49.8 Å². The van der Waals surface area contributed by atoms with Gasteiger partial charge < -0.3 is 5.11 Å². The number of aliphatic hydroxyl groups is 1. The summed E-state index contributed by atoms with van der Waals surface area (Å²) >= 11 is 0. The highest BCUT2D eigenvalue weighted by atomic mass is 16.2. The third-order valence-electron chi connectivity index (χ3n) is 1.70. The monoisotopic (exact) mass is 214 g/mol. The molecular weight excluding hydrogens is 196 g/mol. The van der Waals surface area contributed by atoms with E-state index in [4.69, 9.17) is 5.11 Å². The Balaban J connectivity index is 3.68. The topological polar surface area (TPSA) is 20.2 Å². The molecule has 16 heavy (non-hydrogen) atoms. The molecule has 0 saturated carbocycles. The highest BCUT2D eigenvalue weighted by molar-refractivity contribution is 5.32. The first-order chi connectivity index (χ1) is 7.91. The summed E-state index contributed by atoms with van der Waals surface area (Å²) in [6.07, 6.45) is 14.5. The standard InChI is InChI=1S/C15H18O/c1-2-3-4-5-6-7-8-9-10-11-12-13-14-15-16/h5-8,14-16H,2-4,13H2,1H3/b6-5+,8-7+,15-14+. The fourth-order valence-electron chi connectivity index (χ4n) is 0.885. The van der Waals surface area contributed by atoms with Crippen molar-refractivity contribution in [3.63, 3.8) is 0 Å². The maximum atomic E-state index is 8.32. The van der Waals surface area contributed by atoms with Crippen molar-refractivity contribution in [1.82, 2.24) is 0 Å². The highest BCUT2D eigenvalue weighted by Gasteiger charge is 1.74. The molecule has 0 rings (SSSR count). The second-order valence-electron chi connectivity index (χ2n) is 3.09. The third kappa shape index (κ3) is 12.1. The van der Waals surface area contributed by atoms with Gasteiger partial charge >= 0.3 is 0 Å². The average Bonchev–Trinajstić information content (AvgIpc) is 2.31. The summed E-state index contributed by atoms with van der Waals surface area (Å²) in [6.45, 7) is 2.18. The van der Waals surface area contributed by atoms with Crippen LogP contribution in [0.4, 0.5) is 0 Å². The van der Waals surface area contributed by atoms with Gasteiger partial charge in [-0.15, -0.1) is 0 Å². The highest BCUT2D eigenvalue weighted by Crippen LogP contribution is 1.94. The molecule has 0 amide bonds. The van der Waals surface area contributed by atoms with E-state index < -0.39 is 0 Å². The zero-order chi connectivity index (χ0) is 11.9. The zero-order valence-electron chi connectivity index (χ0n) is 9.74. The van der Waals surface area contributed by atoms with Crippen molar-refractivity contribution in [1.29, 1.82) is 0 Å². The van der Waals surface area contributed by atoms with E-state index in [2.05, 4.69) is 36.7 Å². The van der Waals surface area contributed by atoms with E-state index in [0.717, 1.165) is 12.7 Å². The number of aliphatic hydroxyl groups excluding tert-OH is 1. The predicted octanol–water partition coefficient (Wildman–Crippen LogP) is 3.76. The quantitative estimate of drug-likeness (QED) is 0.320. The van der Waals surface area contributed by atoms with Gasteiger partial charge in [-0.05, 0) is 30.4 Å². The van der Waals surface area contributed by atoms with E-state index in [1.54, 1.807) is 12.2 Å². The minimum atomic E-state index is 0.534. The Labute approximate surface area is 98.6 Å². The summed E-state index contributed by atoms with van der Waals surface area (Å²) in [5.74, 6) is 11.0. The predicted molar refractivity (Wildman–Crippen MR) is 69.7 cm³/mol. The van der Waals surface area contributed by atoms with Gasteiger partial charge in [0, 0.05) is 6.42 Å². The van der Waals surface area contributed by atoms with E-state index in [9.17, 15) is 0 Å². The molecule has 0 aliphatic rings. The Kier molecular flexibility index (Phi) is 11.6. The summed E-state index contributed by atoms with van der Waals surface area (Å²) in [5.41, 5.74) is 0. The van der Waals surface area contributed by atoms with Gasteiger partial charge in [0.25, 0.3) is 0 Å². The minimum absolute atomic E-state index is 0.534. The normalized spacial score (nSPS) is 10.3. The van der Waals surface area contributed by atoms with Gasteiger partial charge in [-0.25, -0.2) is 0 Å². The molecule has 0 aliphatic carbocycles. The molecule has 0 fully saturated rings. The van der Waals surface area contributed by atoms with Gasteiger partial charge in [-0.2, -0.15) is 0 Å². The number of hydrogen-bond donors (Lipinski definition) is 1. The van der Waals surface area contributed by atoms with Gasteiger partial charge in [0.1, 0.15) is 0 Å². The van der Waals surface area contributed by atoms with Crippen molar-refractivity contribution in [2.24, 2.45) is 0 Å². The Morgan fingerprint density at radius 2 is 2.00 bits per heavy atom. The van der Waals surface area contributed by atoms with Gasteiger partial charge in [0.2, 0.25) is 0 Å². The first-order valence-corrected chi connectivity index (χ1v) is 5.51. The Hall–Kier alpha value is -1.86.